The normalized spacial score (nSPS) is 10.1. The van der Waals surface area contributed by atoms with E-state index in [1.807, 2.05) is 30.3 Å². The van der Waals surface area contributed by atoms with E-state index in [0.717, 1.165) is 18.5 Å². The molecule has 0 spiro atoms. The van der Waals surface area contributed by atoms with E-state index >= 15 is 0 Å². The van der Waals surface area contributed by atoms with Crippen molar-refractivity contribution in [1.82, 2.24) is 9.97 Å². The summed E-state index contributed by atoms with van der Waals surface area (Å²) in [5.74, 6) is 0.721. The van der Waals surface area contributed by atoms with Crippen LogP contribution >= 0.6 is 0 Å². The van der Waals surface area contributed by atoms with Gasteiger partial charge in [-0.1, -0.05) is 43.3 Å². The predicted molar refractivity (Wildman–Crippen MR) is 105 cm³/mol. The van der Waals surface area contributed by atoms with Crippen LogP contribution in [0, 0.1) is 11.3 Å². The predicted octanol–water partition coefficient (Wildman–Crippen LogP) is 4.09. The fourth-order valence-electron chi connectivity index (χ4n) is 2.49. The molecule has 0 saturated heterocycles. The maximum atomic E-state index is 12.7. The van der Waals surface area contributed by atoms with Crippen molar-refractivity contribution < 1.29 is 4.79 Å². The highest BCUT2D eigenvalue weighted by Gasteiger charge is 2.13. The molecule has 6 heteroatoms. The lowest BCUT2D eigenvalue weighted by Gasteiger charge is -2.10. The average molecular weight is 357 g/mol. The van der Waals surface area contributed by atoms with Crippen LogP contribution in [0.4, 0.5) is 11.5 Å². The molecule has 0 aliphatic heterocycles. The van der Waals surface area contributed by atoms with Crippen LogP contribution in [0.15, 0.2) is 60.7 Å². The standard InChI is InChI=1S/C21H19N5O/c1-2-11-23-19-13-18(25-20(26-19)16-8-4-3-5-9-16)21(27)24-17-10-6-7-15(12-17)14-22/h3-10,12-13H,2,11H2,1H3,(H,24,27)(H,23,25,26). The molecule has 0 bridgehead atoms. The Morgan fingerprint density at radius 2 is 1.89 bits per heavy atom. The SMILES string of the molecule is CCCNc1cc(C(=O)Nc2cccc(C#N)c2)nc(-c2ccccc2)n1. The van der Waals surface area contributed by atoms with Gasteiger partial charge in [-0.15, -0.1) is 0 Å². The van der Waals surface area contributed by atoms with E-state index in [9.17, 15) is 4.79 Å². The Labute approximate surface area is 157 Å². The van der Waals surface area contributed by atoms with Gasteiger partial charge in [0.25, 0.3) is 5.91 Å². The van der Waals surface area contributed by atoms with Gasteiger partial charge in [0, 0.05) is 23.9 Å². The zero-order valence-electron chi connectivity index (χ0n) is 14.9. The van der Waals surface area contributed by atoms with E-state index in [0.29, 0.717) is 22.9 Å². The third-order valence-electron chi connectivity index (χ3n) is 3.80. The molecule has 0 atom stereocenters. The third kappa shape index (κ3) is 4.67. The van der Waals surface area contributed by atoms with Crippen molar-refractivity contribution >= 4 is 17.4 Å². The van der Waals surface area contributed by atoms with E-state index in [-0.39, 0.29) is 11.6 Å². The van der Waals surface area contributed by atoms with E-state index in [1.165, 1.54) is 0 Å². The molecular weight excluding hydrogens is 338 g/mol. The number of aromatic nitrogens is 2. The molecule has 3 rings (SSSR count). The summed E-state index contributed by atoms with van der Waals surface area (Å²) in [6.45, 7) is 2.80. The summed E-state index contributed by atoms with van der Waals surface area (Å²) in [5.41, 5.74) is 2.11. The Morgan fingerprint density at radius 3 is 2.63 bits per heavy atom. The van der Waals surface area contributed by atoms with Crippen LogP contribution in [0.1, 0.15) is 29.4 Å². The minimum atomic E-state index is -0.357. The molecule has 0 radical (unpaired) electrons. The third-order valence-corrected chi connectivity index (χ3v) is 3.80. The quantitative estimate of drug-likeness (QED) is 0.693. The number of amides is 1. The number of benzene rings is 2. The fourth-order valence-corrected chi connectivity index (χ4v) is 2.49. The maximum Gasteiger partial charge on any atom is 0.274 e. The summed E-state index contributed by atoms with van der Waals surface area (Å²) in [7, 11) is 0. The number of hydrogen-bond donors (Lipinski definition) is 2. The number of rotatable bonds is 6. The minimum Gasteiger partial charge on any atom is -0.370 e. The first-order valence-corrected chi connectivity index (χ1v) is 8.69. The van der Waals surface area contributed by atoms with Gasteiger partial charge in [0.1, 0.15) is 11.5 Å². The van der Waals surface area contributed by atoms with Crippen LogP contribution in [0.3, 0.4) is 0 Å². The lowest BCUT2D eigenvalue weighted by atomic mass is 10.2. The van der Waals surface area contributed by atoms with Crippen molar-refractivity contribution in [2.75, 3.05) is 17.2 Å². The van der Waals surface area contributed by atoms with E-state index in [2.05, 4.69) is 33.6 Å². The van der Waals surface area contributed by atoms with Gasteiger partial charge in [-0.05, 0) is 24.6 Å². The number of anilines is 2. The molecule has 27 heavy (non-hydrogen) atoms. The second-order valence-corrected chi connectivity index (χ2v) is 5.90. The first kappa shape index (κ1) is 18.1. The Bertz CT molecular complexity index is 979. The molecule has 134 valence electrons. The lowest BCUT2D eigenvalue weighted by molar-refractivity contribution is 0.102. The molecule has 0 fully saturated rings. The van der Waals surface area contributed by atoms with Crippen LogP contribution < -0.4 is 10.6 Å². The van der Waals surface area contributed by atoms with Crippen molar-refractivity contribution in [2.45, 2.75) is 13.3 Å². The largest absolute Gasteiger partial charge is 0.370 e. The molecule has 2 N–H and O–H groups in total. The van der Waals surface area contributed by atoms with Gasteiger partial charge in [-0.3, -0.25) is 4.79 Å². The topological polar surface area (TPSA) is 90.7 Å². The highest BCUT2D eigenvalue weighted by Crippen LogP contribution is 2.19. The van der Waals surface area contributed by atoms with Crippen LogP contribution in [0.2, 0.25) is 0 Å². The number of nitriles is 1. The molecular formula is C21H19N5O. The minimum absolute atomic E-state index is 0.254. The van der Waals surface area contributed by atoms with Crippen LogP contribution in [-0.2, 0) is 0 Å². The van der Waals surface area contributed by atoms with E-state index in [4.69, 9.17) is 5.26 Å². The van der Waals surface area contributed by atoms with Crippen molar-refractivity contribution in [3.8, 4) is 17.5 Å². The van der Waals surface area contributed by atoms with E-state index < -0.39 is 0 Å². The smallest absolute Gasteiger partial charge is 0.274 e. The second kappa shape index (κ2) is 8.59. The Kier molecular flexibility index (Phi) is 5.75. The van der Waals surface area contributed by atoms with Crippen LogP contribution in [0.25, 0.3) is 11.4 Å². The maximum absolute atomic E-state index is 12.7. The Balaban J connectivity index is 1.92. The van der Waals surface area contributed by atoms with Crippen molar-refractivity contribution in [2.24, 2.45) is 0 Å². The van der Waals surface area contributed by atoms with Gasteiger partial charge in [0.2, 0.25) is 0 Å². The van der Waals surface area contributed by atoms with Gasteiger partial charge in [0.15, 0.2) is 5.82 Å². The highest BCUT2D eigenvalue weighted by molar-refractivity contribution is 6.03. The highest BCUT2D eigenvalue weighted by atomic mass is 16.1. The summed E-state index contributed by atoms with van der Waals surface area (Å²) in [4.78, 5) is 21.6. The molecule has 0 saturated carbocycles. The summed E-state index contributed by atoms with van der Waals surface area (Å²) in [5, 5.41) is 15.0. The molecule has 3 aromatic rings. The van der Waals surface area contributed by atoms with Gasteiger partial charge in [-0.25, -0.2) is 9.97 Å². The zero-order chi connectivity index (χ0) is 19.1. The van der Waals surface area contributed by atoms with Crippen molar-refractivity contribution in [3.05, 3.63) is 71.9 Å². The summed E-state index contributed by atoms with van der Waals surface area (Å²) in [6, 6.07) is 20.0. The second-order valence-electron chi connectivity index (χ2n) is 5.90. The number of carbonyl (C=O) groups is 1. The Morgan fingerprint density at radius 1 is 1.07 bits per heavy atom. The molecule has 1 aromatic heterocycles. The monoisotopic (exact) mass is 357 g/mol. The molecule has 0 aliphatic rings. The summed E-state index contributed by atoms with van der Waals surface area (Å²) >= 11 is 0. The average Bonchev–Trinajstić information content (AvgIpc) is 2.72. The first-order chi connectivity index (χ1) is 13.2. The van der Waals surface area contributed by atoms with Crippen molar-refractivity contribution in [3.63, 3.8) is 0 Å². The van der Waals surface area contributed by atoms with Crippen LogP contribution in [-0.4, -0.2) is 22.4 Å². The molecule has 6 nitrogen and oxygen atoms in total. The summed E-state index contributed by atoms with van der Waals surface area (Å²) in [6.07, 6.45) is 0.938. The number of nitrogens with zero attached hydrogens (tertiary/aromatic N) is 3. The lowest BCUT2D eigenvalue weighted by Crippen LogP contribution is -2.16. The van der Waals surface area contributed by atoms with Crippen molar-refractivity contribution in [1.29, 1.82) is 5.26 Å². The molecule has 1 amide bonds. The van der Waals surface area contributed by atoms with Gasteiger partial charge < -0.3 is 10.6 Å². The van der Waals surface area contributed by atoms with Gasteiger partial charge in [0.05, 0.1) is 11.6 Å². The zero-order valence-corrected chi connectivity index (χ0v) is 14.9. The summed E-state index contributed by atoms with van der Waals surface area (Å²) < 4.78 is 0. The number of nitrogens with one attached hydrogen (secondary N) is 2. The van der Waals surface area contributed by atoms with Gasteiger partial charge >= 0.3 is 0 Å². The van der Waals surface area contributed by atoms with E-state index in [1.54, 1.807) is 30.3 Å². The number of carbonyl (C=O) groups excluding carboxylic acids is 1. The fraction of sp³-hybridized carbons (Fsp3) is 0.143. The first-order valence-electron chi connectivity index (χ1n) is 8.69. The molecule has 0 aliphatic carbocycles. The van der Waals surface area contributed by atoms with Gasteiger partial charge in [-0.2, -0.15) is 5.26 Å². The molecule has 1 heterocycles. The molecule has 0 unspecified atom stereocenters. The Hall–Kier alpha value is -3.72. The molecule has 2 aromatic carbocycles. The number of hydrogen-bond acceptors (Lipinski definition) is 5. The van der Waals surface area contributed by atoms with Crippen LogP contribution in [0.5, 0.6) is 0 Å².